The van der Waals surface area contributed by atoms with Gasteiger partial charge in [0.05, 0.1) is 6.61 Å². The van der Waals surface area contributed by atoms with Crippen LogP contribution in [-0.2, 0) is 23.7 Å². The molecule has 0 amide bonds. The third-order valence-electron chi connectivity index (χ3n) is 7.69. The van der Waals surface area contributed by atoms with E-state index in [-0.39, 0.29) is 6.42 Å². The molecule has 0 spiro atoms. The topological polar surface area (TPSA) is 196 Å². The Balaban J connectivity index is 1.69. The Labute approximate surface area is 237 Å². The summed E-state index contributed by atoms with van der Waals surface area (Å²) in [7, 11) is 0. The molecule has 0 saturated carbocycles. The van der Waals surface area contributed by atoms with E-state index in [2.05, 4.69) is 6.92 Å². The fraction of sp³-hybridized carbons (Fsp3) is 0.964. The van der Waals surface area contributed by atoms with Gasteiger partial charge in [0.15, 0.2) is 12.6 Å². The first-order valence-electron chi connectivity index (χ1n) is 15.0. The van der Waals surface area contributed by atoms with Gasteiger partial charge in [-0.25, -0.2) is 0 Å². The molecule has 12 nitrogen and oxygen atoms in total. The number of esters is 1. The van der Waals surface area contributed by atoms with Crippen molar-refractivity contribution in [1.29, 1.82) is 0 Å². The van der Waals surface area contributed by atoms with Crippen LogP contribution in [0, 0.1) is 0 Å². The molecule has 40 heavy (non-hydrogen) atoms. The lowest BCUT2D eigenvalue weighted by atomic mass is 9.97. The van der Waals surface area contributed by atoms with E-state index in [1.807, 2.05) is 0 Å². The number of ether oxygens (including phenoxy) is 4. The summed E-state index contributed by atoms with van der Waals surface area (Å²) in [5.41, 5.74) is 0. The molecule has 0 aromatic heterocycles. The van der Waals surface area contributed by atoms with Crippen LogP contribution in [0.5, 0.6) is 0 Å². The highest BCUT2D eigenvalue weighted by atomic mass is 16.7. The Morgan fingerprint density at radius 1 is 0.650 bits per heavy atom. The van der Waals surface area contributed by atoms with Gasteiger partial charge in [0.1, 0.15) is 55.4 Å². The van der Waals surface area contributed by atoms with Crippen molar-refractivity contribution in [3.05, 3.63) is 0 Å². The number of rotatable bonds is 19. The molecule has 12 heteroatoms. The van der Waals surface area contributed by atoms with Crippen molar-refractivity contribution in [1.82, 2.24) is 0 Å². The summed E-state index contributed by atoms with van der Waals surface area (Å²) < 4.78 is 21.4. The summed E-state index contributed by atoms with van der Waals surface area (Å²) >= 11 is 0. The van der Waals surface area contributed by atoms with E-state index >= 15 is 0 Å². The Morgan fingerprint density at radius 3 is 1.75 bits per heavy atom. The summed E-state index contributed by atoms with van der Waals surface area (Å²) in [5, 5.41) is 70.0. The fourth-order valence-corrected chi connectivity index (χ4v) is 5.09. The van der Waals surface area contributed by atoms with Gasteiger partial charge in [-0.05, 0) is 6.42 Å². The first-order chi connectivity index (χ1) is 19.2. The molecule has 2 rings (SSSR count). The van der Waals surface area contributed by atoms with Crippen LogP contribution in [0.25, 0.3) is 0 Å². The second-order valence-corrected chi connectivity index (χ2v) is 11.0. The summed E-state index contributed by atoms with van der Waals surface area (Å²) in [4.78, 5) is 12.3. The van der Waals surface area contributed by atoms with Gasteiger partial charge in [0, 0.05) is 6.42 Å². The Kier molecular flexibility index (Phi) is 17.0. The molecular weight excluding hydrogens is 528 g/mol. The molecule has 0 radical (unpaired) electrons. The second kappa shape index (κ2) is 19.3. The van der Waals surface area contributed by atoms with Crippen LogP contribution >= 0.6 is 0 Å². The number of unbranched alkanes of at least 4 members (excludes halogenated alkanes) is 12. The quantitative estimate of drug-likeness (QED) is 0.0833. The molecule has 0 aromatic rings. The van der Waals surface area contributed by atoms with Crippen LogP contribution in [0.2, 0.25) is 0 Å². The smallest absolute Gasteiger partial charge is 0.305 e. The van der Waals surface area contributed by atoms with Gasteiger partial charge in [0.2, 0.25) is 0 Å². The molecule has 2 aliphatic heterocycles. The first-order valence-corrected chi connectivity index (χ1v) is 15.0. The predicted octanol–water partition coefficient (Wildman–Crippen LogP) is 0.635. The molecule has 0 aromatic carbocycles. The van der Waals surface area contributed by atoms with Gasteiger partial charge in [-0.1, -0.05) is 84.0 Å². The maximum absolute atomic E-state index is 12.3. The largest absolute Gasteiger partial charge is 0.463 e. The van der Waals surface area contributed by atoms with E-state index in [0.29, 0.717) is 6.42 Å². The molecule has 2 heterocycles. The molecule has 236 valence electrons. The first kappa shape index (κ1) is 35.3. The third kappa shape index (κ3) is 11.4. The predicted molar refractivity (Wildman–Crippen MR) is 143 cm³/mol. The lowest BCUT2D eigenvalue weighted by Crippen LogP contribution is -2.64. The molecule has 2 fully saturated rings. The van der Waals surface area contributed by atoms with Crippen molar-refractivity contribution in [3.8, 4) is 0 Å². The van der Waals surface area contributed by atoms with Gasteiger partial charge in [-0.3, -0.25) is 4.79 Å². The van der Waals surface area contributed by atoms with Crippen LogP contribution in [0.3, 0.4) is 0 Å². The zero-order valence-electron chi connectivity index (χ0n) is 23.8. The van der Waals surface area contributed by atoms with Crippen molar-refractivity contribution in [2.45, 2.75) is 158 Å². The van der Waals surface area contributed by atoms with E-state index in [1.54, 1.807) is 0 Å². The van der Waals surface area contributed by atoms with E-state index in [0.717, 1.165) is 19.3 Å². The highest BCUT2D eigenvalue weighted by Crippen LogP contribution is 2.29. The number of carbonyl (C=O) groups is 1. The highest BCUT2D eigenvalue weighted by Gasteiger charge is 2.50. The van der Waals surface area contributed by atoms with Gasteiger partial charge < -0.3 is 54.7 Å². The molecular formula is C28H52O12. The number of hydrogen-bond donors (Lipinski definition) is 7. The fourth-order valence-electron chi connectivity index (χ4n) is 5.09. The Bertz CT molecular complexity index is 680. The molecule has 7 N–H and O–H groups in total. The lowest BCUT2D eigenvalue weighted by Gasteiger charge is -2.45. The molecule has 0 aliphatic carbocycles. The van der Waals surface area contributed by atoms with Crippen LogP contribution in [0.4, 0.5) is 0 Å². The van der Waals surface area contributed by atoms with Gasteiger partial charge >= 0.3 is 5.97 Å². The molecule has 0 bridgehead atoms. The van der Waals surface area contributed by atoms with Crippen LogP contribution < -0.4 is 0 Å². The minimum Gasteiger partial charge on any atom is -0.463 e. The summed E-state index contributed by atoms with van der Waals surface area (Å²) in [5.74, 6) is -0.492. The number of aliphatic hydroxyl groups excluding tert-OH is 7. The normalized spacial score (nSPS) is 34.6. The average molecular weight is 581 g/mol. The van der Waals surface area contributed by atoms with Crippen molar-refractivity contribution in [2.24, 2.45) is 0 Å². The van der Waals surface area contributed by atoms with Crippen LogP contribution in [0.1, 0.15) is 96.8 Å². The maximum atomic E-state index is 12.3. The van der Waals surface area contributed by atoms with Gasteiger partial charge in [-0.15, -0.1) is 0 Å². The number of aliphatic hydroxyl groups is 7. The Morgan fingerprint density at radius 2 is 1.20 bits per heavy atom. The minimum absolute atomic E-state index is 0.191. The summed E-state index contributed by atoms with van der Waals surface area (Å²) in [6, 6.07) is 0. The van der Waals surface area contributed by atoms with Gasteiger partial charge in [0.25, 0.3) is 0 Å². The maximum Gasteiger partial charge on any atom is 0.305 e. The van der Waals surface area contributed by atoms with E-state index in [4.69, 9.17) is 18.9 Å². The van der Waals surface area contributed by atoms with Crippen molar-refractivity contribution >= 4 is 5.97 Å². The standard InChI is InChI=1S/C28H52O12/c1-2-3-4-5-6-7-8-9-10-11-12-13-14-15-20(30)37-17-19-26(23(33)24(34)27(36)38-19)40-28-25(35)22(32)21(31)18(16-29)39-28/h18-19,21-29,31-36H,2-17H2,1H3/t18-,19-,21-,22+,23-,24-,25-,26-,27?,28-/m1/s1. The average Bonchev–Trinajstić information content (AvgIpc) is 2.94. The van der Waals surface area contributed by atoms with E-state index < -0.39 is 80.6 Å². The second-order valence-electron chi connectivity index (χ2n) is 11.0. The van der Waals surface area contributed by atoms with Crippen molar-refractivity contribution in [2.75, 3.05) is 13.2 Å². The Hall–Kier alpha value is -0.930. The number of carbonyl (C=O) groups excluding carboxylic acids is 1. The molecule has 2 saturated heterocycles. The van der Waals surface area contributed by atoms with Crippen molar-refractivity contribution in [3.63, 3.8) is 0 Å². The van der Waals surface area contributed by atoms with E-state index in [1.165, 1.54) is 57.8 Å². The zero-order chi connectivity index (χ0) is 29.5. The molecule has 2 aliphatic rings. The lowest BCUT2D eigenvalue weighted by molar-refractivity contribution is -0.355. The SMILES string of the molecule is CCCCCCCCCCCCCCCC(=O)OC[C@H]1OC(O)[C@H](O)[C@@H](O)[C@@H]1O[C@H]1O[C@H](CO)[C@@H](O)[C@H](O)[C@H]1O. The van der Waals surface area contributed by atoms with Crippen LogP contribution in [-0.4, -0.2) is 116 Å². The summed E-state index contributed by atoms with van der Waals surface area (Å²) in [6.07, 6.45) is -0.331. The third-order valence-corrected chi connectivity index (χ3v) is 7.69. The minimum atomic E-state index is -1.78. The summed E-state index contributed by atoms with van der Waals surface area (Å²) in [6.45, 7) is 1.13. The molecule has 1 unspecified atom stereocenters. The monoisotopic (exact) mass is 580 g/mol. The van der Waals surface area contributed by atoms with Crippen molar-refractivity contribution < 1.29 is 59.5 Å². The molecule has 10 atom stereocenters. The van der Waals surface area contributed by atoms with Gasteiger partial charge in [-0.2, -0.15) is 0 Å². The highest BCUT2D eigenvalue weighted by molar-refractivity contribution is 5.69. The van der Waals surface area contributed by atoms with Crippen LogP contribution in [0.15, 0.2) is 0 Å². The number of hydrogen-bond acceptors (Lipinski definition) is 12. The zero-order valence-corrected chi connectivity index (χ0v) is 23.8. The van der Waals surface area contributed by atoms with E-state index in [9.17, 15) is 40.5 Å².